The van der Waals surface area contributed by atoms with Crippen LogP contribution in [0, 0.1) is 11.3 Å². The molecular weight excluding hydrogens is 328 g/mol. The molecule has 2 unspecified atom stereocenters. The maximum absolute atomic E-state index is 12.3. The van der Waals surface area contributed by atoms with Gasteiger partial charge in [-0.25, -0.2) is 0 Å². The molecule has 1 fully saturated rings. The molecule has 2 atom stereocenters. The first-order chi connectivity index (χ1) is 9.78. The molecule has 0 spiro atoms. The van der Waals surface area contributed by atoms with Gasteiger partial charge in [-0.3, -0.25) is 4.79 Å². The smallest absolute Gasteiger partial charge is 0.223 e. The third-order valence-electron chi connectivity index (χ3n) is 3.89. The highest BCUT2D eigenvalue weighted by Crippen LogP contribution is 2.48. The van der Waals surface area contributed by atoms with E-state index >= 15 is 0 Å². The van der Waals surface area contributed by atoms with Crippen LogP contribution in [-0.2, 0) is 4.79 Å². The highest BCUT2D eigenvalue weighted by atomic mass is 79.9. The van der Waals surface area contributed by atoms with E-state index in [1.165, 1.54) is 5.56 Å². The van der Waals surface area contributed by atoms with Crippen LogP contribution in [0.25, 0.3) is 0 Å². The maximum atomic E-state index is 12.3. The summed E-state index contributed by atoms with van der Waals surface area (Å²) in [5.74, 6) is 0.737. The van der Waals surface area contributed by atoms with E-state index in [-0.39, 0.29) is 17.2 Å². The second-order valence-corrected chi connectivity index (χ2v) is 8.04. The van der Waals surface area contributed by atoms with Crippen molar-refractivity contribution in [3.8, 4) is 0 Å². The van der Waals surface area contributed by atoms with E-state index in [9.17, 15) is 4.79 Å². The number of halogens is 1. The Labute approximate surface area is 136 Å². The Balaban J connectivity index is 1.84. The molecule has 1 saturated carbocycles. The number of benzene rings is 1. The first-order valence-electron chi connectivity index (χ1n) is 7.46. The first-order valence-corrected chi connectivity index (χ1v) is 8.26. The molecule has 0 bridgehead atoms. The van der Waals surface area contributed by atoms with Gasteiger partial charge in [0.1, 0.15) is 0 Å². The minimum atomic E-state index is 0.0965. The number of carbonyl (C=O) groups excluding carboxylic acids is 1. The molecule has 116 valence electrons. The van der Waals surface area contributed by atoms with Crippen molar-refractivity contribution in [3.63, 3.8) is 0 Å². The van der Waals surface area contributed by atoms with Crippen LogP contribution in [0.1, 0.15) is 31.7 Å². The topological polar surface area (TPSA) is 32.3 Å². The molecule has 0 aliphatic heterocycles. The Morgan fingerprint density at radius 2 is 2.14 bits per heavy atom. The SMILES string of the molecule is CN(C)CC(C)(C)CNC(=O)C1CC1c1cccc(Br)c1. The van der Waals surface area contributed by atoms with Crippen LogP contribution in [0.5, 0.6) is 0 Å². The van der Waals surface area contributed by atoms with E-state index in [0.717, 1.165) is 24.0 Å². The monoisotopic (exact) mass is 352 g/mol. The predicted octanol–water partition coefficient (Wildman–Crippen LogP) is 3.26. The lowest BCUT2D eigenvalue weighted by Crippen LogP contribution is -2.40. The summed E-state index contributed by atoms with van der Waals surface area (Å²) >= 11 is 3.49. The molecule has 1 aromatic rings. The fourth-order valence-electron chi connectivity index (χ4n) is 2.96. The largest absolute Gasteiger partial charge is 0.355 e. The Morgan fingerprint density at radius 1 is 1.43 bits per heavy atom. The summed E-state index contributed by atoms with van der Waals surface area (Å²) in [7, 11) is 4.13. The molecule has 4 heteroatoms. The summed E-state index contributed by atoms with van der Waals surface area (Å²) in [6, 6.07) is 8.28. The van der Waals surface area contributed by atoms with Gasteiger partial charge in [-0.15, -0.1) is 0 Å². The summed E-state index contributed by atoms with van der Waals surface area (Å²) in [4.78, 5) is 14.4. The third kappa shape index (κ3) is 4.82. The normalized spacial score (nSPS) is 21.4. The quantitative estimate of drug-likeness (QED) is 0.852. The van der Waals surface area contributed by atoms with Crippen LogP contribution in [-0.4, -0.2) is 38.0 Å². The fraction of sp³-hybridized carbons (Fsp3) is 0.588. The van der Waals surface area contributed by atoms with Crippen molar-refractivity contribution in [1.29, 1.82) is 0 Å². The lowest BCUT2D eigenvalue weighted by Gasteiger charge is -2.28. The minimum Gasteiger partial charge on any atom is -0.355 e. The lowest BCUT2D eigenvalue weighted by atomic mass is 9.93. The van der Waals surface area contributed by atoms with Crippen molar-refractivity contribution in [2.45, 2.75) is 26.2 Å². The van der Waals surface area contributed by atoms with Crippen molar-refractivity contribution < 1.29 is 4.79 Å². The number of nitrogens with zero attached hydrogens (tertiary/aromatic N) is 1. The standard InChI is InChI=1S/C17H25BrN2O/c1-17(2,11-20(3)4)10-19-16(21)15-9-14(15)12-6-5-7-13(18)8-12/h5-8,14-15H,9-11H2,1-4H3,(H,19,21). The molecule has 0 aromatic heterocycles. The molecule has 3 nitrogen and oxygen atoms in total. The molecule has 1 amide bonds. The number of hydrogen-bond acceptors (Lipinski definition) is 2. The van der Waals surface area contributed by atoms with Crippen LogP contribution in [0.4, 0.5) is 0 Å². The van der Waals surface area contributed by atoms with Crippen molar-refractivity contribution in [3.05, 3.63) is 34.3 Å². The van der Waals surface area contributed by atoms with Gasteiger partial charge in [0.2, 0.25) is 5.91 Å². The average molecular weight is 353 g/mol. The number of hydrogen-bond donors (Lipinski definition) is 1. The summed E-state index contributed by atoms with van der Waals surface area (Å²) < 4.78 is 1.08. The van der Waals surface area contributed by atoms with E-state index < -0.39 is 0 Å². The van der Waals surface area contributed by atoms with Gasteiger partial charge in [-0.05, 0) is 49.5 Å². The fourth-order valence-corrected chi connectivity index (χ4v) is 3.38. The first kappa shape index (κ1) is 16.5. The number of carbonyl (C=O) groups is 1. The van der Waals surface area contributed by atoms with Crippen molar-refractivity contribution in [1.82, 2.24) is 10.2 Å². The number of nitrogens with one attached hydrogen (secondary N) is 1. The zero-order chi connectivity index (χ0) is 15.6. The molecule has 1 aliphatic rings. The Bertz CT molecular complexity index is 513. The van der Waals surface area contributed by atoms with Crippen LogP contribution in [0.3, 0.4) is 0 Å². The van der Waals surface area contributed by atoms with E-state index in [0.29, 0.717) is 5.92 Å². The van der Waals surface area contributed by atoms with Gasteiger partial charge in [-0.1, -0.05) is 41.9 Å². The molecule has 0 saturated heterocycles. The average Bonchev–Trinajstić information content (AvgIpc) is 3.15. The molecule has 1 aromatic carbocycles. The van der Waals surface area contributed by atoms with Crippen LogP contribution < -0.4 is 5.32 Å². The zero-order valence-electron chi connectivity index (χ0n) is 13.3. The zero-order valence-corrected chi connectivity index (χ0v) is 14.9. The summed E-state index contributed by atoms with van der Waals surface area (Å²) in [6.07, 6.45) is 0.969. The summed E-state index contributed by atoms with van der Waals surface area (Å²) in [5, 5.41) is 3.13. The molecule has 0 radical (unpaired) electrons. The number of rotatable bonds is 6. The van der Waals surface area contributed by atoms with Crippen LogP contribution in [0.15, 0.2) is 28.7 Å². The Hall–Kier alpha value is -0.870. The summed E-state index contributed by atoms with van der Waals surface area (Å²) in [5.41, 5.74) is 1.36. The van der Waals surface area contributed by atoms with Gasteiger partial charge in [0.05, 0.1) is 0 Å². The van der Waals surface area contributed by atoms with Crippen LogP contribution in [0.2, 0.25) is 0 Å². The van der Waals surface area contributed by atoms with Gasteiger partial charge in [0.15, 0.2) is 0 Å². The highest BCUT2D eigenvalue weighted by molar-refractivity contribution is 9.10. The van der Waals surface area contributed by atoms with Gasteiger partial charge in [-0.2, -0.15) is 0 Å². The third-order valence-corrected chi connectivity index (χ3v) is 4.38. The van der Waals surface area contributed by atoms with Crippen molar-refractivity contribution >= 4 is 21.8 Å². The van der Waals surface area contributed by atoms with Crippen molar-refractivity contribution in [2.75, 3.05) is 27.2 Å². The van der Waals surface area contributed by atoms with Gasteiger partial charge < -0.3 is 10.2 Å². The Morgan fingerprint density at radius 3 is 2.76 bits per heavy atom. The van der Waals surface area contributed by atoms with E-state index in [1.807, 2.05) is 12.1 Å². The summed E-state index contributed by atoms with van der Waals surface area (Å²) in [6.45, 7) is 6.07. The lowest BCUT2D eigenvalue weighted by molar-refractivity contribution is -0.122. The minimum absolute atomic E-state index is 0.0965. The predicted molar refractivity (Wildman–Crippen MR) is 90.3 cm³/mol. The van der Waals surface area contributed by atoms with Gasteiger partial charge >= 0.3 is 0 Å². The highest BCUT2D eigenvalue weighted by Gasteiger charge is 2.44. The molecule has 21 heavy (non-hydrogen) atoms. The Kier molecular flexibility index (Phi) is 5.10. The second kappa shape index (κ2) is 6.49. The molecule has 0 heterocycles. The van der Waals surface area contributed by atoms with Gasteiger partial charge in [0, 0.05) is 23.5 Å². The molecule has 2 rings (SSSR count). The van der Waals surface area contributed by atoms with E-state index in [2.05, 4.69) is 66.2 Å². The second-order valence-electron chi connectivity index (χ2n) is 7.12. The molecule has 1 N–H and O–H groups in total. The molecule has 1 aliphatic carbocycles. The maximum Gasteiger partial charge on any atom is 0.223 e. The van der Waals surface area contributed by atoms with E-state index in [4.69, 9.17) is 0 Å². The number of amides is 1. The molecular formula is C17H25BrN2O. The van der Waals surface area contributed by atoms with E-state index in [1.54, 1.807) is 0 Å². The van der Waals surface area contributed by atoms with Crippen LogP contribution >= 0.6 is 15.9 Å². The van der Waals surface area contributed by atoms with Crippen molar-refractivity contribution in [2.24, 2.45) is 11.3 Å². The van der Waals surface area contributed by atoms with Gasteiger partial charge in [0.25, 0.3) is 0 Å².